The smallest absolute Gasteiger partial charge is 0.0692 e. The highest BCUT2D eigenvalue weighted by molar-refractivity contribution is 5.46. The number of nitrogen functional groups attached to an aromatic ring is 1. The van der Waals surface area contributed by atoms with Crippen molar-refractivity contribution in [3.8, 4) is 0 Å². The topological polar surface area (TPSA) is 47.3 Å². The zero-order chi connectivity index (χ0) is 13.7. The molecule has 0 amide bonds. The fraction of sp³-hybridized carbons (Fsp3) is 0.625. The second kappa shape index (κ2) is 6.40. The number of anilines is 1. The Morgan fingerprint density at radius 1 is 1.32 bits per heavy atom. The Morgan fingerprint density at radius 2 is 2.05 bits per heavy atom. The molecule has 1 fully saturated rings. The first-order chi connectivity index (χ1) is 9.19. The van der Waals surface area contributed by atoms with Gasteiger partial charge in [-0.3, -0.25) is 0 Å². The maximum Gasteiger partial charge on any atom is 0.0692 e. The van der Waals surface area contributed by atoms with E-state index < -0.39 is 0 Å². The molecule has 1 heterocycles. The number of nitrogens with one attached hydrogen (secondary N) is 1. The lowest BCUT2D eigenvalue weighted by Gasteiger charge is -2.40. The second-order valence-corrected chi connectivity index (χ2v) is 5.51. The molecular weight excluding hydrogens is 236 g/mol. The van der Waals surface area contributed by atoms with Crippen LogP contribution in [0.1, 0.15) is 45.1 Å². The van der Waals surface area contributed by atoms with Crippen molar-refractivity contribution < 1.29 is 4.74 Å². The monoisotopic (exact) mass is 262 g/mol. The summed E-state index contributed by atoms with van der Waals surface area (Å²) in [4.78, 5) is 0. The normalized spacial score (nSPS) is 22.3. The average molecular weight is 262 g/mol. The molecule has 1 aliphatic heterocycles. The van der Waals surface area contributed by atoms with E-state index in [-0.39, 0.29) is 5.60 Å². The van der Waals surface area contributed by atoms with Crippen molar-refractivity contribution in [1.29, 1.82) is 0 Å². The van der Waals surface area contributed by atoms with Gasteiger partial charge in [0.2, 0.25) is 0 Å². The molecule has 0 bridgehead atoms. The summed E-state index contributed by atoms with van der Waals surface area (Å²) in [7, 11) is 0. The van der Waals surface area contributed by atoms with Crippen LogP contribution in [0.5, 0.6) is 0 Å². The summed E-state index contributed by atoms with van der Waals surface area (Å²) in [5.41, 5.74) is 8.12. The summed E-state index contributed by atoms with van der Waals surface area (Å²) < 4.78 is 6.01. The standard InChI is InChI=1S/C16H26N2O/c1-3-16(4-2)11-14(9-10-19-16)18-12-13-7-5-6-8-15(13)17/h5-8,14,18H,3-4,9-12,17H2,1-2H3. The number of benzene rings is 1. The summed E-state index contributed by atoms with van der Waals surface area (Å²) in [5.74, 6) is 0. The van der Waals surface area contributed by atoms with Crippen LogP contribution in [-0.4, -0.2) is 18.2 Å². The lowest BCUT2D eigenvalue weighted by molar-refractivity contribution is -0.0932. The zero-order valence-corrected chi connectivity index (χ0v) is 12.1. The fourth-order valence-electron chi connectivity index (χ4n) is 2.89. The van der Waals surface area contributed by atoms with E-state index >= 15 is 0 Å². The van der Waals surface area contributed by atoms with Gasteiger partial charge in [-0.25, -0.2) is 0 Å². The molecule has 0 spiro atoms. The molecule has 19 heavy (non-hydrogen) atoms. The first-order valence-corrected chi connectivity index (χ1v) is 7.40. The minimum atomic E-state index is 0.0815. The number of ether oxygens (including phenoxy) is 1. The highest BCUT2D eigenvalue weighted by atomic mass is 16.5. The van der Waals surface area contributed by atoms with Gasteiger partial charge in [0.25, 0.3) is 0 Å². The molecule has 0 radical (unpaired) electrons. The minimum absolute atomic E-state index is 0.0815. The average Bonchev–Trinajstić information content (AvgIpc) is 2.46. The molecule has 1 atom stereocenters. The molecule has 3 heteroatoms. The van der Waals surface area contributed by atoms with Gasteiger partial charge < -0.3 is 15.8 Å². The molecule has 106 valence electrons. The third-order valence-electron chi connectivity index (χ3n) is 4.42. The van der Waals surface area contributed by atoms with Gasteiger partial charge in [-0.1, -0.05) is 32.0 Å². The van der Waals surface area contributed by atoms with Crippen LogP contribution in [0, 0.1) is 0 Å². The number of rotatable bonds is 5. The third kappa shape index (κ3) is 3.48. The minimum Gasteiger partial charge on any atom is -0.398 e. The van der Waals surface area contributed by atoms with E-state index in [0.717, 1.165) is 44.5 Å². The second-order valence-electron chi connectivity index (χ2n) is 5.51. The van der Waals surface area contributed by atoms with Crippen LogP contribution in [0.4, 0.5) is 5.69 Å². The quantitative estimate of drug-likeness (QED) is 0.802. The van der Waals surface area contributed by atoms with Gasteiger partial charge in [0.05, 0.1) is 5.60 Å². The van der Waals surface area contributed by atoms with Gasteiger partial charge in [-0.05, 0) is 37.3 Å². The molecule has 0 aliphatic carbocycles. The first-order valence-electron chi connectivity index (χ1n) is 7.40. The molecule has 2 rings (SSSR count). The fourth-order valence-corrected chi connectivity index (χ4v) is 2.89. The van der Waals surface area contributed by atoms with Crippen molar-refractivity contribution in [2.45, 2.75) is 57.7 Å². The van der Waals surface area contributed by atoms with Crippen LogP contribution >= 0.6 is 0 Å². The van der Waals surface area contributed by atoms with E-state index in [1.807, 2.05) is 18.2 Å². The van der Waals surface area contributed by atoms with Gasteiger partial charge in [0.15, 0.2) is 0 Å². The van der Waals surface area contributed by atoms with Gasteiger partial charge in [-0.2, -0.15) is 0 Å². The van der Waals surface area contributed by atoms with Crippen molar-refractivity contribution in [3.05, 3.63) is 29.8 Å². The first kappa shape index (κ1) is 14.4. The van der Waals surface area contributed by atoms with Crippen LogP contribution in [0.25, 0.3) is 0 Å². The Labute approximate surface area is 116 Å². The van der Waals surface area contributed by atoms with Crippen LogP contribution in [0.15, 0.2) is 24.3 Å². The molecule has 0 aromatic heterocycles. The Kier molecular flexibility index (Phi) is 4.83. The summed E-state index contributed by atoms with van der Waals surface area (Å²) in [6, 6.07) is 8.61. The molecule has 1 aliphatic rings. The van der Waals surface area contributed by atoms with E-state index in [2.05, 4.69) is 25.2 Å². The van der Waals surface area contributed by atoms with Gasteiger partial charge >= 0.3 is 0 Å². The Balaban J connectivity index is 1.91. The van der Waals surface area contributed by atoms with Crippen LogP contribution in [0.3, 0.4) is 0 Å². The molecule has 3 nitrogen and oxygen atoms in total. The summed E-state index contributed by atoms with van der Waals surface area (Å²) in [6.45, 7) is 6.16. The Morgan fingerprint density at radius 3 is 2.74 bits per heavy atom. The summed E-state index contributed by atoms with van der Waals surface area (Å²) in [5, 5.41) is 3.64. The maximum absolute atomic E-state index is 6.01. The molecule has 1 unspecified atom stereocenters. The van der Waals surface area contributed by atoms with E-state index in [1.54, 1.807) is 0 Å². The van der Waals surface area contributed by atoms with E-state index in [9.17, 15) is 0 Å². The van der Waals surface area contributed by atoms with E-state index in [0.29, 0.717) is 6.04 Å². The van der Waals surface area contributed by atoms with Crippen molar-refractivity contribution in [2.24, 2.45) is 0 Å². The lowest BCUT2D eigenvalue weighted by Crippen LogP contribution is -2.46. The summed E-state index contributed by atoms with van der Waals surface area (Å²) >= 11 is 0. The number of hydrogen-bond acceptors (Lipinski definition) is 3. The van der Waals surface area contributed by atoms with Crippen LogP contribution < -0.4 is 11.1 Å². The van der Waals surface area contributed by atoms with Crippen LogP contribution in [0.2, 0.25) is 0 Å². The maximum atomic E-state index is 6.01. The molecule has 0 saturated carbocycles. The lowest BCUT2D eigenvalue weighted by atomic mass is 9.86. The Hall–Kier alpha value is -1.06. The van der Waals surface area contributed by atoms with Crippen LogP contribution in [-0.2, 0) is 11.3 Å². The van der Waals surface area contributed by atoms with Gasteiger partial charge in [-0.15, -0.1) is 0 Å². The largest absolute Gasteiger partial charge is 0.398 e. The molecule has 1 aromatic rings. The van der Waals surface area contributed by atoms with Crippen molar-refractivity contribution in [2.75, 3.05) is 12.3 Å². The van der Waals surface area contributed by atoms with Crippen molar-refractivity contribution >= 4 is 5.69 Å². The van der Waals surface area contributed by atoms with Gasteiger partial charge in [0.1, 0.15) is 0 Å². The van der Waals surface area contributed by atoms with E-state index in [1.165, 1.54) is 5.56 Å². The predicted octanol–water partition coefficient (Wildman–Crippen LogP) is 3.10. The summed E-state index contributed by atoms with van der Waals surface area (Å²) in [6.07, 6.45) is 4.38. The number of para-hydroxylation sites is 1. The molecular formula is C16H26N2O. The Bertz CT molecular complexity index is 401. The van der Waals surface area contributed by atoms with Gasteiger partial charge in [0, 0.05) is 24.9 Å². The van der Waals surface area contributed by atoms with Crippen molar-refractivity contribution in [3.63, 3.8) is 0 Å². The number of hydrogen-bond donors (Lipinski definition) is 2. The predicted molar refractivity (Wildman–Crippen MR) is 80.0 cm³/mol. The highest BCUT2D eigenvalue weighted by Crippen LogP contribution is 2.31. The van der Waals surface area contributed by atoms with E-state index in [4.69, 9.17) is 10.5 Å². The number of nitrogens with two attached hydrogens (primary N) is 1. The highest BCUT2D eigenvalue weighted by Gasteiger charge is 2.34. The molecule has 1 aromatic carbocycles. The molecule has 1 saturated heterocycles. The molecule has 3 N–H and O–H groups in total. The SMILES string of the molecule is CCC1(CC)CC(NCc2ccccc2N)CCO1. The third-order valence-corrected chi connectivity index (χ3v) is 4.42. The zero-order valence-electron chi connectivity index (χ0n) is 12.1. The van der Waals surface area contributed by atoms with Crippen molar-refractivity contribution in [1.82, 2.24) is 5.32 Å².